The van der Waals surface area contributed by atoms with Crippen LogP contribution in [0.1, 0.15) is 11.1 Å². The van der Waals surface area contributed by atoms with Gasteiger partial charge >= 0.3 is 0 Å². The Kier molecular flexibility index (Phi) is 6.60. The van der Waals surface area contributed by atoms with Crippen molar-refractivity contribution in [2.24, 2.45) is 5.10 Å². The molecule has 9 nitrogen and oxygen atoms in total. The molecule has 150 valence electrons. The first-order chi connectivity index (χ1) is 13.1. The molecular formula is C18H21N3O6S. The van der Waals surface area contributed by atoms with Crippen LogP contribution in [0.4, 0.5) is 0 Å². The van der Waals surface area contributed by atoms with E-state index in [0.717, 1.165) is 9.87 Å². The number of rotatable bonds is 7. The van der Waals surface area contributed by atoms with Crippen molar-refractivity contribution in [3.8, 4) is 17.2 Å². The van der Waals surface area contributed by atoms with Gasteiger partial charge in [-0.25, -0.2) is 13.8 Å². The van der Waals surface area contributed by atoms with Crippen LogP contribution in [0.15, 0.2) is 46.4 Å². The lowest BCUT2D eigenvalue weighted by atomic mass is 10.2. The molecule has 0 radical (unpaired) electrons. The van der Waals surface area contributed by atoms with E-state index in [1.807, 2.05) is 6.92 Å². The van der Waals surface area contributed by atoms with E-state index >= 15 is 0 Å². The van der Waals surface area contributed by atoms with Gasteiger partial charge in [-0.1, -0.05) is 17.7 Å². The lowest BCUT2D eigenvalue weighted by Crippen LogP contribution is -2.36. The number of aromatic hydroxyl groups is 2. The minimum Gasteiger partial charge on any atom is -0.504 e. The number of carbonyl (C=O) groups excluding carboxylic acids is 1. The number of nitrogens with one attached hydrogen (secondary N) is 1. The molecule has 0 aliphatic heterocycles. The number of carbonyl (C=O) groups is 1. The van der Waals surface area contributed by atoms with Crippen LogP contribution in [0.25, 0.3) is 0 Å². The second-order valence-corrected chi connectivity index (χ2v) is 8.00. The van der Waals surface area contributed by atoms with Crippen molar-refractivity contribution >= 4 is 22.1 Å². The third kappa shape index (κ3) is 4.99. The highest BCUT2D eigenvalue weighted by atomic mass is 32.2. The minimum absolute atomic E-state index is 0.0386. The second kappa shape index (κ2) is 8.72. The fraction of sp³-hybridized carbons (Fsp3) is 0.222. The van der Waals surface area contributed by atoms with E-state index in [9.17, 15) is 23.4 Å². The zero-order chi connectivity index (χ0) is 20.9. The minimum atomic E-state index is -3.80. The van der Waals surface area contributed by atoms with E-state index < -0.39 is 34.0 Å². The van der Waals surface area contributed by atoms with Gasteiger partial charge in [0.1, 0.15) is 0 Å². The van der Waals surface area contributed by atoms with Crippen molar-refractivity contribution in [1.29, 1.82) is 0 Å². The van der Waals surface area contributed by atoms with Crippen LogP contribution in [0.5, 0.6) is 17.2 Å². The summed E-state index contributed by atoms with van der Waals surface area (Å²) in [7, 11) is -1.19. The number of sulfonamides is 1. The summed E-state index contributed by atoms with van der Waals surface area (Å²) >= 11 is 0. The van der Waals surface area contributed by atoms with Crippen LogP contribution in [0.2, 0.25) is 0 Å². The Labute approximate surface area is 162 Å². The number of phenols is 2. The molecule has 0 spiro atoms. The number of likely N-dealkylation sites (N-methyl/N-ethyl adjacent to an activating group) is 1. The van der Waals surface area contributed by atoms with Crippen molar-refractivity contribution < 1.29 is 28.2 Å². The highest BCUT2D eigenvalue weighted by Crippen LogP contribution is 2.35. The quantitative estimate of drug-likeness (QED) is 0.359. The van der Waals surface area contributed by atoms with Gasteiger partial charge < -0.3 is 14.9 Å². The summed E-state index contributed by atoms with van der Waals surface area (Å²) in [5.41, 5.74) is 3.48. The molecule has 0 saturated carbocycles. The molecule has 0 heterocycles. The molecule has 0 saturated heterocycles. The van der Waals surface area contributed by atoms with Crippen LogP contribution in [0, 0.1) is 6.92 Å². The molecule has 0 fully saturated rings. The van der Waals surface area contributed by atoms with Crippen LogP contribution in [-0.2, 0) is 14.8 Å². The van der Waals surface area contributed by atoms with Crippen LogP contribution >= 0.6 is 0 Å². The fourth-order valence-electron chi connectivity index (χ4n) is 2.24. The molecule has 2 aromatic rings. The summed E-state index contributed by atoms with van der Waals surface area (Å²) in [6, 6.07) is 8.92. The molecule has 0 unspecified atom stereocenters. The number of ether oxygens (including phenoxy) is 1. The van der Waals surface area contributed by atoms with Gasteiger partial charge in [-0.05, 0) is 31.2 Å². The van der Waals surface area contributed by atoms with Crippen molar-refractivity contribution in [3.05, 3.63) is 47.5 Å². The number of methoxy groups -OCH3 is 1. The van der Waals surface area contributed by atoms with Crippen LogP contribution in [-0.4, -0.2) is 55.8 Å². The Morgan fingerprint density at radius 2 is 1.89 bits per heavy atom. The zero-order valence-corrected chi connectivity index (χ0v) is 16.4. The van der Waals surface area contributed by atoms with Crippen molar-refractivity contribution in [3.63, 3.8) is 0 Å². The van der Waals surface area contributed by atoms with E-state index in [0.29, 0.717) is 5.56 Å². The average molecular weight is 407 g/mol. The summed E-state index contributed by atoms with van der Waals surface area (Å²) < 4.78 is 30.7. The highest BCUT2D eigenvalue weighted by molar-refractivity contribution is 7.89. The molecular weight excluding hydrogens is 386 g/mol. The maximum Gasteiger partial charge on any atom is 0.255 e. The fourth-order valence-corrected chi connectivity index (χ4v) is 3.36. The van der Waals surface area contributed by atoms with Gasteiger partial charge in [0.25, 0.3) is 5.91 Å². The van der Waals surface area contributed by atoms with Gasteiger partial charge in [0.2, 0.25) is 15.8 Å². The van der Waals surface area contributed by atoms with Crippen LogP contribution < -0.4 is 10.2 Å². The van der Waals surface area contributed by atoms with Crippen molar-refractivity contribution in [2.75, 3.05) is 20.7 Å². The highest BCUT2D eigenvalue weighted by Gasteiger charge is 2.22. The maximum atomic E-state index is 12.5. The first-order valence-corrected chi connectivity index (χ1v) is 9.54. The number of hydrogen-bond donors (Lipinski definition) is 3. The van der Waals surface area contributed by atoms with E-state index in [-0.39, 0.29) is 10.6 Å². The predicted molar refractivity (Wildman–Crippen MR) is 103 cm³/mol. The number of amides is 1. The number of hydrazone groups is 1. The zero-order valence-electron chi connectivity index (χ0n) is 15.6. The molecule has 0 aliphatic rings. The molecule has 0 aliphatic carbocycles. The van der Waals surface area contributed by atoms with Gasteiger partial charge in [0.05, 0.1) is 24.8 Å². The smallest absolute Gasteiger partial charge is 0.255 e. The Bertz CT molecular complexity index is 987. The van der Waals surface area contributed by atoms with Gasteiger partial charge in [-0.2, -0.15) is 9.41 Å². The standard InChI is InChI=1S/C18H21N3O6S/c1-12-4-6-14(7-5-12)28(25,26)21(2)11-17(23)20-19-10-13-8-15(22)18(24)16(9-13)27-3/h4-10,22,24H,11H2,1-3H3,(H,20,23)/b19-10+. The van der Waals surface area contributed by atoms with Crippen molar-refractivity contribution in [1.82, 2.24) is 9.73 Å². The van der Waals surface area contributed by atoms with Gasteiger partial charge in [-0.3, -0.25) is 4.79 Å². The lowest BCUT2D eigenvalue weighted by Gasteiger charge is -2.16. The van der Waals surface area contributed by atoms with E-state index in [1.165, 1.54) is 44.6 Å². The second-order valence-electron chi connectivity index (χ2n) is 5.96. The summed E-state index contributed by atoms with van der Waals surface area (Å²) in [5.74, 6) is -1.43. The number of phenolic OH excluding ortho intramolecular Hbond substituents is 2. The molecule has 0 aromatic heterocycles. The largest absolute Gasteiger partial charge is 0.504 e. The molecule has 2 aromatic carbocycles. The predicted octanol–water partition coefficient (Wildman–Crippen LogP) is 1.19. The van der Waals surface area contributed by atoms with Gasteiger partial charge in [0, 0.05) is 12.6 Å². The molecule has 28 heavy (non-hydrogen) atoms. The topological polar surface area (TPSA) is 129 Å². The van der Waals surface area contributed by atoms with Gasteiger partial charge in [-0.15, -0.1) is 0 Å². The molecule has 3 N–H and O–H groups in total. The van der Waals surface area contributed by atoms with Crippen molar-refractivity contribution in [2.45, 2.75) is 11.8 Å². The molecule has 10 heteroatoms. The molecule has 1 amide bonds. The third-order valence-electron chi connectivity index (χ3n) is 3.80. The lowest BCUT2D eigenvalue weighted by molar-refractivity contribution is -0.121. The monoisotopic (exact) mass is 407 g/mol. The Morgan fingerprint density at radius 3 is 2.50 bits per heavy atom. The van der Waals surface area contributed by atoms with E-state index in [4.69, 9.17) is 4.74 Å². The number of hydrogen-bond acceptors (Lipinski definition) is 7. The SMILES string of the molecule is COc1cc(/C=N/NC(=O)CN(C)S(=O)(=O)c2ccc(C)cc2)cc(O)c1O. The summed E-state index contributed by atoms with van der Waals surface area (Å²) in [4.78, 5) is 12.1. The molecule has 0 bridgehead atoms. The average Bonchev–Trinajstić information content (AvgIpc) is 2.64. The molecule has 0 atom stereocenters. The number of benzene rings is 2. The molecule has 2 rings (SSSR count). The first-order valence-electron chi connectivity index (χ1n) is 8.10. The Balaban J connectivity index is 2.01. The number of nitrogens with zero attached hydrogens (tertiary/aromatic N) is 2. The Hall–Kier alpha value is -3.11. The third-order valence-corrected chi connectivity index (χ3v) is 5.61. The van der Waals surface area contributed by atoms with E-state index in [2.05, 4.69) is 10.5 Å². The van der Waals surface area contributed by atoms with Crippen LogP contribution in [0.3, 0.4) is 0 Å². The first kappa shape index (κ1) is 21.2. The number of aryl methyl sites for hydroxylation is 1. The van der Waals surface area contributed by atoms with Gasteiger partial charge in [0.15, 0.2) is 11.5 Å². The van der Waals surface area contributed by atoms with E-state index in [1.54, 1.807) is 12.1 Å². The normalized spacial score (nSPS) is 11.7. The summed E-state index contributed by atoms with van der Waals surface area (Å²) in [6.07, 6.45) is 1.22. The Morgan fingerprint density at radius 1 is 1.25 bits per heavy atom. The summed E-state index contributed by atoms with van der Waals surface area (Å²) in [5, 5.41) is 22.9. The maximum absolute atomic E-state index is 12.5. The summed E-state index contributed by atoms with van der Waals surface area (Å²) in [6.45, 7) is 1.41.